The van der Waals surface area contributed by atoms with Crippen molar-refractivity contribution in [3.8, 4) is 5.75 Å². The minimum Gasteiger partial charge on any atom is -0.497 e. The Kier molecular flexibility index (Phi) is 7.45. The highest BCUT2D eigenvalue weighted by molar-refractivity contribution is 5.80. The van der Waals surface area contributed by atoms with E-state index in [2.05, 4.69) is 25.4 Å². The van der Waals surface area contributed by atoms with Crippen LogP contribution in [0, 0.1) is 11.7 Å². The minimum atomic E-state index is -0.566. The van der Waals surface area contributed by atoms with Crippen molar-refractivity contribution >= 4 is 16.9 Å². The van der Waals surface area contributed by atoms with Crippen LogP contribution in [0.15, 0.2) is 53.3 Å². The highest BCUT2D eigenvalue weighted by Gasteiger charge is 2.35. The van der Waals surface area contributed by atoms with Crippen molar-refractivity contribution in [2.24, 2.45) is 5.92 Å². The van der Waals surface area contributed by atoms with Crippen molar-refractivity contribution in [1.29, 1.82) is 0 Å². The van der Waals surface area contributed by atoms with E-state index in [1.807, 2.05) is 18.2 Å². The summed E-state index contributed by atoms with van der Waals surface area (Å²) in [5, 5.41) is 13.3. The Morgan fingerprint density at radius 3 is 2.63 bits per heavy atom. The van der Waals surface area contributed by atoms with Crippen LogP contribution >= 0.6 is 0 Å². The maximum absolute atomic E-state index is 13.5. The van der Waals surface area contributed by atoms with E-state index in [4.69, 9.17) is 9.47 Å². The SMILES string of the molecule is CCOC(=O)C1CCN([C@H](c2cc3ccc(OC)cc3[nH]c2=O)c2nnnn2Cc2ccc(F)cc2)CC1. The molecule has 11 heteroatoms. The summed E-state index contributed by atoms with van der Waals surface area (Å²) < 4.78 is 25.6. The summed E-state index contributed by atoms with van der Waals surface area (Å²) in [5.74, 6) is 0.420. The molecular formula is C27H29FN6O4. The standard InChI is InChI=1S/C27H29FN6O4/c1-3-38-27(36)18-10-12-33(13-11-18)24(22-14-19-6-9-21(37-2)15-23(19)29-26(22)35)25-30-31-32-34(25)16-17-4-7-20(28)8-5-17/h4-9,14-15,18,24H,3,10-13,16H2,1-2H3,(H,29,35)/t24-/m1/s1. The lowest BCUT2D eigenvalue weighted by Gasteiger charge is -2.36. The van der Waals surface area contributed by atoms with Gasteiger partial charge in [-0.25, -0.2) is 9.07 Å². The number of pyridine rings is 1. The monoisotopic (exact) mass is 520 g/mol. The second-order valence-corrected chi connectivity index (χ2v) is 9.29. The molecule has 0 amide bonds. The highest BCUT2D eigenvalue weighted by Crippen LogP contribution is 2.32. The minimum absolute atomic E-state index is 0.190. The van der Waals surface area contributed by atoms with E-state index in [-0.39, 0.29) is 23.3 Å². The van der Waals surface area contributed by atoms with Gasteiger partial charge in [-0.3, -0.25) is 14.5 Å². The Bertz CT molecular complexity index is 1480. The smallest absolute Gasteiger partial charge is 0.309 e. The summed E-state index contributed by atoms with van der Waals surface area (Å²) in [6.07, 6.45) is 1.19. The van der Waals surface area contributed by atoms with Gasteiger partial charge in [0.25, 0.3) is 5.56 Å². The topological polar surface area (TPSA) is 115 Å². The molecule has 1 aliphatic heterocycles. The molecule has 3 heterocycles. The molecule has 1 atom stereocenters. The van der Waals surface area contributed by atoms with Crippen molar-refractivity contribution in [3.05, 3.63) is 81.7 Å². The van der Waals surface area contributed by atoms with Gasteiger partial charge in [-0.05, 0) is 71.5 Å². The Labute approximate surface area is 218 Å². The van der Waals surface area contributed by atoms with E-state index in [9.17, 15) is 14.0 Å². The number of tetrazole rings is 1. The maximum Gasteiger partial charge on any atom is 0.309 e. The van der Waals surface area contributed by atoms with Crippen molar-refractivity contribution in [2.75, 3.05) is 26.8 Å². The third kappa shape index (κ3) is 5.28. The Morgan fingerprint density at radius 1 is 1.16 bits per heavy atom. The molecule has 10 nitrogen and oxygen atoms in total. The van der Waals surface area contributed by atoms with Gasteiger partial charge in [0, 0.05) is 24.7 Å². The van der Waals surface area contributed by atoms with E-state index >= 15 is 0 Å². The number of hydrogen-bond donors (Lipinski definition) is 1. The summed E-state index contributed by atoms with van der Waals surface area (Å²) >= 11 is 0. The van der Waals surface area contributed by atoms with Crippen LogP contribution in [0.3, 0.4) is 0 Å². The number of benzene rings is 2. The molecule has 0 bridgehead atoms. The van der Waals surface area contributed by atoms with E-state index in [1.165, 1.54) is 12.1 Å². The zero-order chi connectivity index (χ0) is 26.6. The van der Waals surface area contributed by atoms with Crippen LogP contribution in [0.25, 0.3) is 10.9 Å². The molecule has 1 N–H and O–H groups in total. The fourth-order valence-electron chi connectivity index (χ4n) is 4.96. The van der Waals surface area contributed by atoms with E-state index < -0.39 is 6.04 Å². The second-order valence-electron chi connectivity index (χ2n) is 9.29. The maximum atomic E-state index is 13.5. The molecule has 0 radical (unpaired) electrons. The number of aromatic amines is 1. The fourth-order valence-corrected chi connectivity index (χ4v) is 4.96. The Morgan fingerprint density at radius 2 is 1.92 bits per heavy atom. The number of methoxy groups -OCH3 is 1. The van der Waals surface area contributed by atoms with Crippen molar-refractivity contribution in [2.45, 2.75) is 32.4 Å². The molecule has 2 aromatic heterocycles. The van der Waals surface area contributed by atoms with E-state index in [0.29, 0.717) is 61.7 Å². The molecule has 2 aromatic carbocycles. The number of rotatable bonds is 8. The van der Waals surface area contributed by atoms with Crippen LogP contribution in [0.1, 0.15) is 42.8 Å². The van der Waals surface area contributed by atoms with Gasteiger partial charge in [-0.2, -0.15) is 0 Å². The molecule has 0 spiro atoms. The number of aromatic nitrogens is 5. The first-order valence-corrected chi connectivity index (χ1v) is 12.6. The van der Waals surface area contributed by atoms with Crippen molar-refractivity contribution < 1.29 is 18.7 Å². The van der Waals surface area contributed by atoms with Gasteiger partial charge in [0.1, 0.15) is 17.6 Å². The average Bonchev–Trinajstić information content (AvgIpc) is 3.38. The molecule has 38 heavy (non-hydrogen) atoms. The van der Waals surface area contributed by atoms with Crippen LogP contribution in [-0.2, 0) is 16.1 Å². The number of halogens is 1. The van der Waals surface area contributed by atoms with Gasteiger partial charge in [-0.15, -0.1) is 5.10 Å². The van der Waals surface area contributed by atoms with E-state index in [1.54, 1.807) is 36.9 Å². The highest BCUT2D eigenvalue weighted by atomic mass is 19.1. The lowest BCUT2D eigenvalue weighted by Crippen LogP contribution is -2.42. The summed E-state index contributed by atoms with van der Waals surface area (Å²) in [6, 6.07) is 12.9. The number of hydrogen-bond acceptors (Lipinski definition) is 8. The summed E-state index contributed by atoms with van der Waals surface area (Å²) in [5.41, 5.74) is 1.70. The first-order valence-electron chi connectivity index (χ1n) is 12.6. The Hall–Kier alpha value is -4.12. The van der Waals surface area contributed by atoms with E-state index in [0.717, 1.165) is 10.9 Å². The number of carbonyl (C=O) groups excluding carboxylic acids is 1. The van der Waals surface area contributed by atoms with Crippen LogP contribution < -0.4 is 10.3 Å². The van der Waals surface area contributed by atoms with Gasteiger partial charge in [0.15, 0.2) is 5.82 Å². The number of nitrogens with one attached hydrogen (secondary N) is 1. The first kappa shape index (κ1) is 25.5. The number of esters is 1. The molecule has 1 saturated heterocycles. The number of nitrogens with zero attached hydrogens (tertiary/aromatic N) is 5. The van der Waals surface area contributed by atoms with Crippen LogP contribution in [0.2, 0.25) is 0 Å². The number of H-pyrrole nitrogens is 1. The largest absolute Gasteiger partial charge is 0.497 e. The normalized spacial score (nSPS) is 15.4. The predicted molar refractivity (Wildman–Crippen MR) is 137 cm³/mol. The molecule has 0 unspecified atom stereocenters. The molecule has 0 saturated carbocycles. The molecule has 1 aliphatic rings. The zero-order valence-corrected chi connectivity index (χ0v) is 21.3. The molecule has 0 aliphatic carbocycles. The summed E-state index contributed by atoms with van der Waals surface area (Å²) in [6.45, 7) is 3.55. The quantitative estimate of drug-likeness (QED) is 0.353. The van der Waals surface area contributed by atoms with Crippen molar-refractivity contribution in [1.82, 2.24) is 30.1 Å². The Balaban J connectivity index is 1.54. The summed E-state index contributed by atoms with van der Waals surface area (Å²) in [7, 11) is 1.57. The first-order chi connectivity index (χ1) is 18.5. The third-order valence-corrected chi connectivity index (χ3v) is 6.94. The van der Waals surface area contributed by atoms with Gasteiger partial charge in [0.05, 0.1) is 31.7 Å². The number of fused-ring (bicyclic) bond motifs is 1. The molecule has 1 fully saturated rings. The van der Waals surface area contributed by atoms with Gasteiger partial charge in [-0.1, -0.05) is 12.1 Å². The molecular weight excluding hydrogens is 491 g/mol. The van der Waals surface area contributed by atoms with Crippen LogP contribution in [0.4, 0.5) is 4.39 Å². The van der Waals surface area contributed by atoms with Crippen LogP contribution in [0.5, 0.6) is 5.75 Å². The lowest BCUT2D eigenvalue weighted by atomic mass is 9.94. The fraction of sp³-hybridized carbons (Fsp3) is 0.370. The van der Waals surface area contributed by atoms with Gasteiger partial charge < -0.3 is 14.5 Å². The number of ether oxygens (including phenoxy) is 2. The van der Waals surface area contributed by atoms with Gasteiger partial charge in [0.2, 0.25) is 0 Å². The van der Waals surface area contributed by atoms with Crippen molar-refractivity contribution in [3.63, 3.8) is 0 Å². The third-order valence-electron chi connectivity index (χ3n) is 6.94. The molecule has 4 aromatic rings. The zero-order valence-electron chi connectivity index (χ0n) is 21.3. The second kappa shape index (κ2) is 11.1. The van der Waals surface area contributed by atoms with Crippen LogP contribution in [-0.4, -0.2) is 62.9 Å². The number of piperidine rings is 1. The lowest BCUT2D eigenvalue weighted by molar-refractivity contribution is -0.149. The van der Waals surface area contributed by atoms with Gasteiger partial charge >= 0.3 is 5.97 Å². The molecule has 5 rings (SSSR count). The number of likely N-dealkylation sites (tertiary alicyclic amines) is 1. The summed E-state index contributed by atoms with van der Waals surface area (Å²) in [4.78, 5) is 30.9. The molecule has 198 valence electrons. The average molecular weight is 521 g/mol. The predicted octanol–water partition coefficient (Wildman–Crippen LogP) is 3.08. The number of carbonyl (C=O) groups is 1.